The van der Waals surface area contributed by atoms with E-state index in [1.165, 1.54) is 0 Å². The number of fused-ring (bicyclic) bond motifs is 2. The third kappa shape index (κ3) is 2.03. The SMILES string of the molecule is Cc1cnc2c(c1)S(=O)(=O)c1cccnc1N2c1ccccc1C. The Balaban J connectivity index is 2.12. The zero-order valence-electron chi connectivity index (χ0n) is 13.3. The smallest absolute Gasteiger partial charge is 0.213 e. The number of hydrogen-bond donors (Lipinski definition) is 0. The predicted octanol–water partition coefficient (Wildman–Crippen LogP) is 3.71. The van der Waals surface area contributed by atoms with Crippen molar-refractivity contribution in [2.75, 3.05) is 4.90 Å². The standard InChI is InChI=1S/C18H15N3O2S/c1-12-10-16-18(20-11-12)21(14-7-4-3-6-13(14)2)17-15(24(16,22)23)8-5-9-19-17/h3-11H,1-2H3. The summed E-state index contributed by atoms with van der Waals surface area (Å²) in [7, 11) is -3.64. The molecule has 2 aromatic heterocycles. The highest BCUT2D eigenvalue weighted by Crippen LogP contribution is 2.46. The molecule has 0 radical (unpaired) electrons. The molecule has 1 aliphatic heterocycles. The summed E-state index contributed by atoms with van der Waals surface area (Å²) in [5.41, 5.74) is 2.68. The molecule has 0 saturated carbocycles. The highest BCUT2D eigenvalue weighted by atomic mass is 32.2. The molecule has 4 rings (SSSR count). The highest BCUT2D eigenvalue weighted by molar-refractivity contribution is 7.92. The van der Waals surface area contributed by atoms with Gasteiger partial charge in [-0.05, 0) is 49.2 Å². The molecule has 0 bridgehead atoms. The maximum absolute atomic E-state index is 13.0. The fourth-order valence-corrected chi connectivity index (χ4v) is 4.53. The average molecular weight is 337 g/mol. The minimum atomic E-state index is -3.64. The lowest BCUT2D eigenvalue weighted by molar-refractivity contribution is 0.593. The van der Waals surface area contributed by atoms with Crippen molar-refractivity contribution < 1.29 is 8.42 Å². The van der Waals surface area contributed by atoms with E-state index >= 15 is 0 Å². The van der Waals surface area contributed by atoms with Gasteiger partial charge < -0.3 is 0 Å². The van der Waals surface area contributed by atoms with Gasteiger partial charge in [-0.25, -0.2) is 18.4 Å². The molecule has 3 heterocycles. The van der Waals surface area contributed by atoms with Gasteiger partial charge in [-0.1, -0.05) is 18.2 Å². The van der Waals surface area contributed by atoms with Gasteiger partial charge >= 0.3 is 0 Å². The summed E-state index contributed by atoms with van der Waals surface area (Å²) in [6.07, 6.45) is 3.27. The lowest BCUT2D eigenvalue weighted by atomic mass is 10.1. The molecule has 0 fully saturated rings. The van der Waals surface area contributed by atoms with E-state index in [9.17, 15) is 8.42 Å². The van der Waals surface area contributed by atoms with Gasteiger partial charge in [-0.15, -0.1) is 0 Å². The molecule has 0 aliphatic carbocycles. The van der Waals surface area contributed by atoms with Crippen molar-refractivity contribution in [2.24, 2.45) is 0 Å². The Morgan fingerprint density at radius 2 is 1.67 bits per heavy atom. The number of nitrogens with zero attached hydrogens (tertiary/aromatic N) is 3. The number of anilines is 3. The largest absolute Gasteiger partial charge is 0.277 e. The first-order valence-corrected chi connectivity index (χ1v) is 9.01. The van der Waals surface area contributed by atoms with Gasteiger partial charge in [0.15, 0.2) is 11.6 Å². The van der Waals surface area contributed by atoms with E-state index < -0.39 is 9.84 Å². The Morgan fingerprint density at radius 3 is 2.46 bits per heavy atom. The van der Waals surface area contributed by atoms with Crippen LogP contribution in [0.2, 0.25) is 0 Å². The van der Waals surface area contributed by atoms with Gasteiger partial charge in [0.25, 0.3) is 0 Å². The van der Waals surface area contributed by atoms with E-state index in [-0.39, 0.29) is 9.79 Å². The molecule has 0 saturated heterocycles. The monoisotopic (exact) mass is 337 g/mol. The number of benzene rings is 1. The zero-order chi connectivity index (χ0) is 16.9. The van der Waals surface area contributed by atoms with Gasteiger partial charge in [0, 0.05) is 12.4 Å². The summed E-state index contributed by atoms with van der Waals surface area (Å²) in [5, 5.41) is 0. The van der Waals surface area contributed by atoms with Gasteiger partial charge in [-0.2, -0.15) is 0 Å². The Morgan fingerprint density at radius 1 is 0.917 bits per heavy atom. The number of rotatable bonds is 1. The fourth-order valence-electron chi connectivity index (χ4n) is 2.92. The fraction of sp³-hybridized carbons (Fsp3) is 0.111. The molecule has 0 atom stereocenters. The minimum absolute atomic E-state index is 0.202. The second-order valence-corrected chi connectivity index (χ2v) is 7.67. The molecule has 24 heavy (non-hydrogen) atoms. The highest BCUT2D eigenvalue weighted by Gasteiger charge is 2.37. The minimum Gasteiger partial charge on any atom is -0.277 e. The van der Waals surface area contributed by atoms with Crippen LogP contribution in [0.5, 0.6) is 0 Å². The predicted molar refractivity (Wildman–Crippen MR) is 91.6 cm³/mol. The van der Waals surface area contributed by atoms with Crippen LogP contribution in [0.15, 0.2) is 64.6 Å². The molecular weight excluding hydrogens is 322 g/mol. The molecule has 5 nitrogen and oxygen atoms in total. The Hall–Kier alpha value is -2.73. The number of aryl methyl sites for hydroxylation is 2. The van der Waals surface area contributed by atoms with Crippen LogP contribution in [0.1, 0.15) is 11.1 Å². The van der Waals surface area contributed by atoms with Crippen LogP contribution in [0.4, 0.5) is 17.3 Å². The van der Waals surface area contributed by atoms with Crippen LogP contribution in [-0.4, -0.2) is 18.4 Å². The summed E-state index contributed by atoms with van der Waals surface area (Å²) in [5.74, 6) is 0.775. The molecular formula is C18H15N3O2S. The van der Waals surface area contributed by atoms with E-state index in [1.807, 2.05) is 43.0 Å². The average Bonchev–Trinajstić information content (AvgIpc) is 2.57. The van der Waals surface area contributed by atoms with Crippen molar-refractivity contribution >= 4 is 27.2 Å². The van der Waals surface area contributed by atoms with Crippen LogP contribution in [0.3, 0.4) is 0 Å². The summed E-state index contributed by atoms with van der Waals surface area (Å²) in [6.45, 7) is 3.81. The van der Waals surface area contributed by atoms with Gasteiger partial charge in [0.05, 0.1) is 5.69 Å². The second kappa shape index (κ2) is 5.14. The third-order valence-electron chi connectivity index (χ3n) is 4.08. The second-order valence-electron chi connectivity index (χ2n) is 5.78. The van der Waals surface area contributed by atoms with Crippen molar-refractivity contribution in [3.63, 3.8) is 0 Å². The van der Waals surface area contributed by atoms with E-state index in [1.54, 1.807) is 30.6 Å². The van der Waals surface area contributed by atoms with Gasteiger partial charge in [-0.3, -0.25) is 4.90 Å². The molecule has 0 spiro atoms. The summed E-state index contributed by atoms with van der Waals surface area (Å²) in [4.78, 5) is 11.0. The molecule has 0 unspecified atom stereocenters. The quantitative estimate of drug-likeness (QED) is 0.530. The van der Waals surface area contributed by atoms with Gasteiger partial charge in [0.2, 0.25) is 9.84 Å². The molecule has 120 valence electrons. The number of aromatic nitrogens is 2. The first-order chi connectivity index (χ1) is 11.5. The summed E-state index contributed by atoms with van der Waals surface area (Å²) >= 11 is 0. The number of para-hydroxylation sites is 1. The van der Waals surface area contributed by atoms with Crippen molar-refractivity contribution in [1.29, 1.82) is 0 Å². The Kier molecular flexibility index (Phi) is 3.18. The molecule has 1 aliphatic rings. The number of hydrogen-bond acceptors (Lipinski definition) is 5. The molecule has 0 N–H and O–H groups in total. The van der Waals surface area contributed by atoms with E-state index in [4.69, 9.17) is 0 Å². The van der Waals surface area contributed by atoms with Crippen LogP contribution in [0.25, 0.3) is 0 Å². The first-order valence-electron chi connectivity index (χ1n) is 7.52. The maximum atomic E-state index is 13.0. The normalized spacial score (nSPS) is 14.8. The topological polar surface area (TPSA) is 63.2 Å². The lowest BCUT2D eigenvalue weighted by Gasteiger charge is -2.31. The zero-order valence-corrected chi connectivity index (χ0v) is 14.1. The van der Waals surface area contributed by atoms with Crippen molar-refractivity contribution in [3.8, 4) is 0 Å². The number of pyridine rings is 2. The van der Waals surface area contributed by atoms with Crippen LogP contribution < -0.4 is 4.90 Å². The van der Waals surface area contributed by atoms with E-state index in [0.29, 0.717) is 11.6 Å². The van der Waals surface area contributed by atoms with E-state index in [2.05, 4.69) is 9.97 Å². The first kappa shape index (κ1) is 14.8. The molecule has 0 amide bonds. The van der Waals surface area contributed by atoms with Gasteiger partial charge in [0.1, 0.15) is 9.79 Å². The Labute approximate surface area is 140 Å². The van der Waals surface area contributed by atoms with Crippen LogP contribution >= 0.6 is 0 Å². The van der Waals surface area contributed by atoms with Crippen LogP contribution in [-0.2, 0) is 9.84 Å². The van der Waals surface area contributed by atoms with Crippen molar-refractivity contribution in [2.45, 2.75) is 23.6 Å². The number of sulfone groups is 1. The van der Waals surface area contributed by atoms with E-state index in [0.717, 1.165) is 16.8 Å². The maximum Gasteiger partial charge on any atom is 0.213 e. The Bertz CT molecular complexity index is 1060. The molecule has 6 heteroatoms. The lowest BCUT2D eigenvalue weighted by Crippen LogP contribution is -2.25. The van der Waals surface area contributed by atoms with Crippen molar-refractivity contribution in [3.05, 3.63) is 66.0 Å². The summed E-state index contributed by atoms with van der Waals surface area (Å²) < 4.78 is 26.0. The molecule has 3 aromatic rings. The molecule has 1 aromatic carbocycles. The van der Waals surface area contributed by atoms with Crippen LogP contribution in [0, 0.1) is 13.8 Å². The third-order valence-corrected chi connectivity index (χ3v) is 5.86. The summed E-state index contributed by atoms with van der Waals surface area (Å²) in [6, 6.07) is 12.7. The van der Waals surface area contributed by atoms with Crippen molar-refractivity contribution in [1.82, 2.24) is 9.97 Å².